The second kappa shape index (κ2) is 7.06. The molecule has 0 aliphatic heterocycles. The Morgan fingerprint density at radius 2 is 1.95 bits per heavy atom. The quantitative estimate of drug-likeness (QED) is 0.805. The normalized spacial score (nSPS) is 13.5. The zero-order valence-corrected chi connectivity index (χ0v) is 13.2. The molecule has 0 aromatic heterocycles. The minimum Gasteiger partial charge on any atom is -0.491 e. The number of aliphatic hydroxyl groups is 1. The molecule has 0 radical (unpaired) electrons. The molecule has 0 fully saturated rings. The van der Waals surface area contributed by atoms with E-state index in [1.165, 1.54) is 6.07 Å². The van der Waals surface area contributed by atoms with Crippen LogP contribution in [-0.2, 0) is 10.0 Å². The highest BCUT2D eigenvalue weighted by Crippen LogP contribution is 2.23. The van der Waals surface area contributed by atoms with Gasteiger partial charge in [-0.1, -0.05) is 0 Å². The number of nitrogens with one attached hydrogen (secondary N) is 1. The standard InChI is InChI=1S/C14H23NO4S/c1-10(2)19-14-6-5-13(9-11(14)3)20(17,18)15-12(4)7-8-16/h5-6,9-10,12,15-16H,7-8H2,1-4H3. The fraction of sp³-hybridized carbons (Fsp3) is 0.571. The van der Waals surface area contributed by atoms with Gasteiger partial charge in [-0.05, 0) is 57.9 Å². The largest absolute Gasteiger partial charge is 0.491 e. The lowest BCUT2D eigenvalue weighted by atomic mass is 10.2. The molecule has 0 amide bonds. The highest BCUT2D eigenvalue weighted by atomic mass is 32.2. The van der Waals surface area contributed by atoms with Gasteiger partial charge in [-0.15, -0.1) is 0 Å². The van der Waals surface area contributed by atoms with Gasteiger partial charge in [0.05, 0.1) is 11.0 Å². The van der Waals surface area contributed by atoms with Crippen LogP contribution in [0.5, 0.6) is 5.75 Å². The van der Waals surface area contributed by atoms with Crippen molar-refractivity contribution >= 4 is 10.0 Å². The third kappa shape index (κ3) is 4.77. The smallest absolute Gasteiger partial charge is 0.240 e. The van der Waals surface area contributed by atoms with Gasteiger partial charge in [-0.25, -0.2) is 13.1 Å². The average molecular weight is 301 g/mol. The summed E-state index contributed by atoms with van der Waals surface area (Å²) in [6, 6.07) is 4.47. The summed E-state index contributed by atoms with van der Waals surface area (Å²) in [6.45, 7) is 7.32. The minimum absolute atomic E-state index is 0.0406. The molecular formula is C14H23NO4S. The van der Waals surface area contributed by atoms with Gasteiger partial charge in [0.1, 0.15) is 5.75 Å². The first-order valence-electron chi connectivity index (χ1n) is 6.66. The van der Waals surface area contributed by atoms with Crippen LogP contribution < -0.4 is 9.46 Å². The van der Waals surface area contributed by atoms with Crippen molar-refractivity contribution in [3.63, 3.8) is 0 Å². The Kier molecular flexibility index (Phi) is 5.98. The number of ether oxygens (including phenoxy) is 1. The lowest BCUT2D eigenvalue weighted by Gasteiger charge is -2.15. The van der Waals surface area contributed by atoms with Gasteiger partial charge in [0.2, 0.25) is 10.0 Å². The van der Waals surface area contributed by atoms with Crippen LogP contribution in [0.15, 0.2) is 23.1 Å². The fourth-order valence-corrected chi connectivity index (χ4v) is 3.12. The minimum atomic E-state index is -3.57. The molecule has 1 aromatic carbocycles. The van der Waals surface area contributed by atoms with Crippen LogP contribution in [0.4, 0.5) is 0 Å². The van der Waals surface area contributed by atoms with E-state index >= 15 is 0 Å². The summed E-state index contributed by atoms with van der Waals surface area (Å²) >= 11 is 0. The number of aryl methyl sites for hydroxylation is 1. The van der Waals surface area contributed by atoms with E-state index in [9.17, 15) is 8.42 Å². The molecule has 20 heavy (non-hydrogen) atoms. The van der Waals surface area contributed by atoms with Crippen molar-refractivity contribution in [2.45, 2.75) is 51.2 Å². The van der Waals surface area contributed by atoms with E-state index in [0.717, 1.165) is 5.56 Å². The van der Waals surface area contributed by atoms with Gasteiger partial charge < -0.3 is 9.84 Å². The summed E-state index contributed by atoms with van der Waals surface area (Å²) in [5.74, 6) is 0.683. The summed E-state index contributed by atoms with van der Waals surface area (Å²) in [6.07, 6.45) is 0.422. The van der Waals surface area contributed by atoms with Crippen LogP contribution in [0.1, 0.15) is 32.8 Å². The number of hydrogen-bond acceptors (Lipinski definition) is 4. The monoisotopic (exact) mass is 301 g/mol. The fourth-order valence-electron chi connectivity index (χ4n) is 1.76. The molecule has 0 heterocycles. The van der Waals surface area contributed by atoms with Crippen LogP contribution in [0.3, 0.4) is 0 Å². The second-order valence-electron chi connectivity index (χ2n) is 5.13. The molecule has 114 valence electrons. The van der Waals surface area contributed by atoms with E-state index < -0.39 is 10.0 Å². The van der Waals surface area contributed by atoms with E-state index in [-0.39, 0.29) is 23.6 Å². The number of benzene rings is 1. The van der Waals surface area contributed by atoms with Crippen LogP contribution in [0, 0.1) is 6.92 Å². The summed E-state index contributed by atoms with van der Waals surface area (Å²) in [7, 11) is -3.57. The van der Waals surface area contributed by atoms with Crippen molar-refractivity contribution < 1.29 is 18.3 Å². The molecule has 1 unspecified atom stereocenters. The van der Waals surface area contributed by atoms with E-state index in [4.69, 9.17) is 9.84 Å². The van der Waals surface area contributed by atoms with Gasteiger partial charge in [0.15, 0.2) is 0 Å². The second-order valence-corrected chi connectivity index (χ2v) is 6.84. The van der Waals surface area contributed by atoms with E-state index in [1.54, 1.807) is 19.1 Å². The zero-order chi connectivity index (χ0) is 15.3. The molecule has 0 spiro atoms. The van der Waals surface area contributed by atoms with E-state index in [2.05, 4.69) is 4.72 Å². The molecule has 6 heteroatoms. The molecule has 1 atom stereocenters. The molecule has 0 saturated carbocycles. The number of aliphatic hydroxyl groups excluding tert-OH is 1. The molecule has 0 bridgehead atoms. The Bertz CT molecular complexity index is 540. The van der Waals surface area contributed by atoms with Gasteiger partial charge in [0.25, 0.3) is 0 Å². The molecule has 0 aliphatic rings. The average Bonchev–Trinajstić information content (AvgIpc) is 2.30. The third-order valence-electron chi connectivity index (χ3n) is 2.74. The lowest BCUT2D eigenvalue weighted by molar-refractivity contribution is 0.240. The lowest BCUT2D eigenvalue weighted by Crippen LogP contribution is -2.33. The number of rotatable bonds is 7. The molecule has 0 aliphatic carbocycles. The first-order chi connectivity index (χ1) is 9.26. The van der Waals surface area contributed by atoms with Crippen LogP contribution >= 0.6 is 0 Å². The maximum Gasteiger partial charge on any atom is 0.240 e. The number of sulfonamides is 1. The van der Waals surface area contributed by atoms with Crippen LogP contribution in [0.2, 0.25) is 0 Å². The van der Waals surface area contributed by atoms with Gasteiger partial charge >= 0.3 is 0 Å². The molecule has 0 saturated heterocycles. The number of hydrogen-bond donors (Lipinski definition) is 2. The zero-order valence-electron chi connectivity index (χ0n) is 12.4. The SMILES string of the molecule is Cc1cc(S(=O)(=O)NC(C)CCO)ccc1OC(C)C. The molecule has 1 aromatic rings. The Hall–Kier alpha value is -1.11. The van der Waals surface area contributed by atoms with Crippen molar-refractivity contribution in [1.82, 2.24) is 4.72 Å². The summed E-state index contributed by atoms with van der Waals surface area (Å²) in [4.78, 5) is 0.205. The summed E-state index contributed by atoms with van der Waals surface area (Å²) in [5.41, 5.74) is 0.774. The molecular weight excluding hydrogens is 278 g/mol. The maximum atomic E-state index is 12.2. The first-order valence-corrected chi connectivity index (χ1v) is 8.15. The molecule has 2 N–H and O–H groups in total. The van der Waals surface area contributed by atoms with Gasteiger partial charge in [0, 0.05) is 12.6 Å². The predicted octanol–water partition coefficient (Wildman–Crippen LogP) is 1.83. The molecule has 5 nitrogen and oxygen atoms in total. The van der Waals surface area contributed by atoms with E-state index in [0.29, 0.717) is 12.2 Å². The summed E-state index contributed by atoms with van der Waals surface area (Å²) < 4.78 is 32.5. The Labute approximate surface area is 121 Å². The van der Waals surface area contributed by atoms with Crippen molar-refractivity contribution in [1.29, 1.82) is 0 Å². The molecule has 1 rings (SSSR count). The Morgan fingerprint density at radius 3 is 2.45 bits per heavy atom. The summed E-state index contributed by atoms with van der Waals surface area (Å²) in [5, 5.41) is 8.82. The first kappa shape index (κ1) is 16.9. The topological polar surface area (TPSA) is 75.6 Å². The third-order valence-corrected chi connectivity index (χ3v) is 4.33. The van der Waals surface area contributed by atoms with E-state index in [1.807, 2.05) is 20.8 Å². The Morgan fingerprint density at radius 1 is 1.30 bits per heavy atom. The van der Waals surface area contributed by atoms with Crippen LogP contribution in [-0.4, -0.2) is 32.3 Å². The predicted molar refractivity (Wildman–Crippen MR) is 78.4 cm³/mol. The highest BCUT2D eigenvalue weighted by Gasteiger charge is 2.18. The van der Waals surface area contributed by atoms with Crippen molar-refractivity contribution in [2.24, 2.45) is 0 Å². The van der Waals surface area contributed by atoms with Crippen molar-refractivity contribution in [3.05, 3.63) is 23.8 Å². The van der Waals surface area contributed by atoms with Crippen molar-refractivity contribution in [3.8, 4) is 5.75 Å². The maximum absolute atomic E-state index is 12.2. The Balaban J connectivity index is 2.94. The van der Waals surface area contributed by atoms with Crippen molar-refractivity contribution in [2.75, 3.05) is 6.61 Å². The van der Waals surface area contributed by atoms with Gasteiger partial charge in [-0.3, -0.25) is 0 Å². The van der Waals surface area contributed by atoms with Crippen LogP contribution in [0.25, 0.3) is 0 Å². The highest BCUT2D eigenvalue weighted by molar-refractivity contribution is 7.89. The van der Waals surface area contributed by atoms with Gasteiger partial charge in [-0.2, -0.15) is 0 Å².